The van der Waals surface area contributed by atoms with E-state index in [1.54, 1.807) is 0 Å². The Morgan fingerprint density at radius 1 is 1.50 bits per heavy atom. The van der Waals surface area contributed by atoms with Crippen LogP contribution in [0.2, 0.25) is 0 Å². The standard InChI is InChI=1S/C11H17N3/c1-4-14(3)9-5-6-10(11(12)13)8(2)7-9/h5-7H,4H2,1-3H3,(H3,12,13). The number of hydrogen-bond donors (Lipinski definition) is 2. The normalized spacial score (nSPS) is 9.93. The predicted molar refractivity (Wildman–Crippen MR) is 61.1 cm³/mol. The minimum Gasteiger partial charge on any atom is -0.384 e. The molecule has 3 nitrogen and oxygen atoms in total. The van der Waals surface area contributed by atoms with Gasteiger partial charge in [0.15, 0.2) is 0 Å². The molecule has 0 aliphatic carbocycles. The molecule has 1 rings (SSSR count). The van der Waals surface area contributed by atoms with E-state index in [1.807, 2.05) is 26.1 Å². The van der Waals surface area contributed by atoms with Crippen LogP contribution >= 0.6 is 0 Å². The summed E-state index contributed by atoms with van der Waals surface area (Å²) in [4.78, 5) is 2.15. The highest BCUT2D eigenvalue weighted by atomic mass is 15.1. The Labute approximate surface area is 85.0 Å². The minimum atomic E-state index is 0.133. The first-order valence-corrected chi connectivity index (χ1v) is 4.72. The molecule has 0 saturated carbocycles. The maximum atomic E-state index is 7.36. The van der Waals surface area contributed by atoms with Crippen LogP contribution in [0, 0.1) is 12.3 Å². The molecule has 0 aromatic heterocycles. The summed E-state index contributed by atoms with van der Waals surface area (Å²) < 4.78 is 0. The highest BCUT2D eigenvalue weighted by Gasteiger charge is 2.04. The van der Waals surface area contributed by atoms with E-state index in [1.165, 1.54) is 0 Å². The first kappa shape index (κ1) is 10.6. The van der Waals surface area contributed by atoms with E-state index in [2.05, 4.69) is 17.9 Å². The molecule has 3 heteroatoms. The molecule has 0 aliphatic rings. The summed E-state index contributed by atoms with van der Waals surface area (Å²) >= 11 is 0. The largest absolute Gasteiger partial charge is 0.384 e. The lowest BCUT2D eigenvalue weighted by Gasteiger charge is -2.18. The quantitative estimate of drug-likeness (QED) is 0.564. The first-order chi connectivity index (χ1) is 6.56. The van der Waals surface area contributed by atoms with E-state index >= 15 is 0 Å². The smallest absolute Gasteiger partial charge is 0.123 e. The van der Waals surface area contributed by atoms with Gasteiger partial charge in [-0.25, -0.2) is 0 Å². The minimum absolute atomic E-state index is 0.133. The van der Waals surface area contributed by atoms with Crippen LogP contribution in [0.5, 0.6) is 0 Å². The van der Waals surface area contributed by atoms with Gasteiger partial charge < -0.3 is 10.6 Å². The summed E-state index contributed by atoms with van der Waals surface area (Å²) in [6, 6.07) is 5.95. The molecule has 0 unspecified atom stereocenters. The van der Waals surface area contributed by atoms with Crippen LogP contribution in [0.15, 0.2) is 18.2 Å². The third-order valence-electron chi connectivity index (χ3n) is 2.42. The van der Waals surface area contributed by atoms with Crippen molar-refractivity contribution in [1.29, 1.82) is 5.41 Å². The van der Waals surface area contributed by atoms with Crippen LogP contribution in [0.3, 0.4) is 0 Å². The number of nitrogen functional groups attached to an aromatic ring is 1. The monoisotopic (exact) mass is 191 g/mol. The van der Waals surface area contributed by atoms with Crippen molar-refractivity contribution in [2.45, 2.75) is 13.8 Å². The Balaban J connectivity index is 3.06. The van der Waals surface area contributed by atoms with Crippen LogP contribution in [-0.2, 0) is 0 Å². The van der Waals surface area contributed by atoms with Crippen LogP contribution in [0.1, 0.15) is 18.1 Å². The van der Waals surface area contributed by atoms with Gasteiger partial charge in [-0.2, -0.15) is 0 Å². The first-order valence-electron chi connectivity index (χ1n) is 4.72. The average Bonchev–Trinajstić information content (AvgIpc) is 2.15. The van der Waals surface area contributed by atoms with Crippen molar-refractivity contribution in [3.05, 3.63) is 29.3 Å². The van der Waals surface area contributed by atoms with Crippen LogP contribution in [0.25, 0.3) is 0 Å². The summed E-state index contributed by atoms with van der Waals surface area (Å²) in [5, 5.41) is 7.36. The number of nitrogens with zero attached hydrogens (tertiary/aromatic N) is 1. The molecule has 1 aromatic carbocycles. The van der Waals surface area contributed by atoms with E-state index in [0.29, 0.717) is 0 Å². The van der Waals surface area contributed by atoms with Gasteiger partial charge in [0.2, 0.25) is 0 Å². The lowest BCUT2D eigenvalue weighted by atomic mass is 10.1. The summed E-state index contributed by atoms with van der Waals surface area (Å²) in [5.74, 6) is 0.133. The fraction of sp³-hybridized carbons (Fsp3) is 0.364. The molecule has 0 radical (unpaired) electrons. The number of nitrogens with one attached hydrogen (secondary N) is 1. The molecule has 0 saturated heterocycles. The van der Waals surface area contributed by atoms with Gasteiger partial charge in [0.25, 0.3) is 0 Å². The van der Waals surface area contributed by atoms with Crippen molar-refractivity contribution in [1.82, 2.24) is 0 Å². The summed E-state index contributed by atoms with van der Waals surface area (Å²) in [7, 11) is 2.04. The molecule has 0 bridgehead atoms. The Kier molecular flexibility index (Phi) is 3.12. The summed E-state index contributed by atoms with van der Waals surface area (Å²) in [6.07, 6.45) is 0. The SMILES string of the molecule is CCN(C)c1ccc(C(=N)N)c(C)c1. The number of hydrogen-bond acceptors (Lipinski definition) is 2. The molecule has 1 aromatic rings. The van der Waals surface area contributed by atoms with Crippen molar-refractivity contribution in [3.63, 3.8) is 0 Å². The van der Waals surface area contributed by atoms with Gasteiger partial charge in [-0.05, 0) is 37.6 Å². The number of amidine groups is 1. The topological polar surface area (TPSA) is 53.1 Å². The maximum Gasteiger partial charge on any atom is 0.123 e. The average molecular weight is 191 g/mol. The van der Waals surface area contributed by atoms with Gasteiger partial charge >= 0.3 is 0 Å². The number of benzene rings is 1. The lowest BCUT2D eigenvalue weighted by Crippen LogP contribution is -2.17. The Bertz CT molecular complexity index is 344. The molecule has 0 amide bonds. The van der Waals surface area contributed by atoms with Gasteiger partial charge in [0.1, 0.15) is 5.84 Å². The Morgan fingerprint density at radius 2 is 2.14 bits per heavy atom. The Hall–Kier alpha value is -1.51. The number of anilines is 1. The van der Waals surface area contributed by atoms with E-state index in [4.69, 9.17) is 11.1 Å². The molecular formula is C11H17N3. The van der Waals surface area contributed by atoms with Crippen LogP contribution in [0.4, 0.5) is 5.69 Å². The summed E-state index contributed by atoms with van der Waals surface area (Å²) in [6.45, 7) is 5.05. The number of aryl methyl sites for hydroxylation is 1. The zero-order valence-electron chi connectivity index (χ0n) is 8.96. The van der Waals surface area contributed by atoms with E-state index in [-0.39, 0.29) is 5.84 Å². The zero-order valence-corrected chi connectivity index (χ0v) is 8.96. The number of rotatable bonds is 3. The zero-order chi connectivity index (χ0) is 10.7. The van der Waals surface area contributed by atoms with Crippen molar-refractivity contribution >= 4 is 11.5 Å². The lowest BCUT2D eigenvalue weighted by molar-refractivity contribution is 0.966. The maximum absolute atomic E-state index is 7.36. The van der Waals surface area contributed by atoms with Crippen molar-refractivity contribution in [2.75, 3.05) is 18.5 Å². The van der Waals surface area contributed by atoms with E-state index in [9.17, 15) is 0 Å². The molecule has 76 valence electrons. The fourth-order valence-electron chi connectivity index (χ4n) is 1.37. The van der Waals surface area contributed by atoms with Gasteiger partial charge in [-0.15, -0.1) is 0 Å². The highest BCUT2D eigenvalue weighted by Crippen LogP contribution is 2.17. The molecular weight excluding hydrogens is 174 g/mol. The van der Waals surface area contributed by atoms with Gasteiger partial charge in [0.05, 0.1) is 0 Å². The highest BCUT2D eigenvalue weighted by molar-refractivity contribution is 5.96. The molecule has 0 heterocycles. The van der Waals surface area contributed by atoms with Crippen molar-refractivity contribution < 1.29 is 0 Å². The van der Waals surface area contributed by atoms with Gasteiger partial charge in [-0.1, -0.05) is 0 Å². The molecule has 0 atom stereocenters. The fourth-order valence-corrected chi connectivity index (χ4v) is 1.37. The summed E-state index contributed by atoms with van der Waals surface area (Å²) in [5.41, 5.74) is 8.47. The van der Waals surface area contributed by atoms with E-state index < -0.39 is 0 Å². The third-order valence-corrected chi connectivity index (χ3v) is 2.42. The second-order valence-corrected chi connectivity index (χ2v) is 3.43. The van der Waals surface area contributed by atoms with Gasteiger partial charge in [0, 0.05) is 24.8 Å². The van der Waals surface area contributed by atoms with Crippen molar-refractivity contribution in [2.24, 2.45) is 5.73 Å². The van der Waals surface area contributed by atoms with Crippen LogP contribution in [-0.4, -0.2) is 19.4 Å². The predicted octanol–water partition coefficient (Wildman–Crippen LogP) is 1.74. The second-order valence-electron chi connectivity index (χ2n) is 3.43. The number of nitrogens with two attached hydrogens (primary N) is 1. The molecule has 0 spiro atoms. The second kappa shape index (κ2) is 4.13. The van der Waals surface area contributed by atoms with Crippen LogP contribution < -0.4 is 10.6 Å². The van der Waals surface area contributed by atoms with Gasteiger partial charge in [-0.3, -0.25) is 5.41 Å². The molecule has 0 fully saturated rings. The third kappa shape index (κ3) is 2.05. The van der Waals surface area contributed by atoms with Crippen molar-refractivity contribution in [3.8, 4) is 0 Å². The molecule has 3 N–H and O–H groups in total. The molecule has 0 aliphatic heterocycles. The van der Waals surface area contributed by atoms with E-state index in [0.717, 1.165) is 23.4 Å². The Morgan fingerprint density at radius 3 is 2.57 bits per heavy atom. The molecule has 14 heavy (non-hydrogen) atoms.